The molecular weight excluding hydrogens is 240 g/mol. The monoisotopic (exact) mass is 252 g/mol. The molecule has 0 aromatic carbocycles. The molecule has 17 heavy (non-hydrogen) atoms. The average Bonchev–Trinajstić information content (AvgIpc) is 2.18. The molecule has 96 valence electrons. The highest BCUT2D eigenvalue weighted by Crippen LogP contribution is 2.23. The third-order valence-electron chi connectivity index (χ3n) is 1.89. The van der Waals surface area contributed by atoms with E-state index in [2.05, 4.69) is 20.6 Å². The minimum Gasteiger partial charge on any atom is -0.365 e. The van der Waals surface area contributed by atoms with Gasteiger partial charge in [-0.3, -0.25) is 0 Å². The Kier molecular flexibility index (Phi) is 4.08. The van der Waals surface area contributed by atoms with Gasteiger partial charge < -0.3 is 10.6 Å². The molecule has 4 nitrogen and oxygen atoms in total. The predicted molar refractivity (Wildman–Crippen MR) is 55.3 cm³/mol. The Morgan fingerprint density at radius 3 is 2.59 bits per heavy atom. The van der Waals surface area contributed by atoms with Crippen LogP contribution >= 0.6 is 0 Å². The summed E-state index contributed by atoms with van der Waals surface area (Å²) in [5.41, 5.74) is 0. The molecule has 0 saturated carbocycles. The molecule has 1 heterocycles. The van der Waals surface area contributed by atoms with E-state index in [9.17, 15) is 17.6 Å². The molecule has 0 fully saturated rings. The van der Waals surface area contributed by atoms with Crippen LogP contribution in [0.15, 0.2) is 6.20 Å². The predicted octanol–water partition coefficient (Wildman–Crippen LogP) is 2.41. The fraction of sp³-hybridized carbons (Fsp3) is 0.556. The molecule has 1 atom stereocenters. The lowest BCUT2D eigenvalue weighted by molar-refractivity contribution is -0.136. The lowest BCUT2D eigenvalue weighted by Crippen LogP contribution is -2.25. The first-order chi connectivity index (χ1) is 7.81. The first-order valence-corrected chi connectivity index (χ1v) is 4.85. The maximum absolute atomic E-state index is 13.2. The number of alkyl halides is 3. The van der Waals surface area contributed by atoms with E-state index in [4.69, 9.17) is 0 Å². The smallest absolute Gasteiger partial charge is 0.365 e. The van der Waals surface area contributed by atoms with Crippen LogP contribution in [-0.2, 0) is 0 Å². The van der Waals surface area contributed by atoms with Gasteiger partial charge in [0.2, 0.25) is 5.95 Å². The van der Waals surface area contributed by atoms with E-state index in [-0.39, 0.29) is 11.8 Å². The van der Waals surface area contributed by atoms with Gasteiger partial charge in [-0.1, -0.05) is 0 Å². The van der Waals surface area contributed by atoms with Gasteiger partial charge in [0.15, 0.2) is 11.6 Å². The van der Waals surface area contributed by atoms with E-state index in [0.717, 1.165) is 6.20 Å². The van der Waals surface area contributed by atoms with Crippen molar-refractivity contribution in [1.82, 2.24) is 9.97 Å². The third kappa shape index (κ3) is 4.41. The molecule has 0 aliphatic rings. The van der Waals surface area contributed by atoms with Gasteiger partial charge in [-0.2, -0.15) is 18.2 Å². The first-order valence-electron chi connectivity index (χ1n) is 4.85. The Labute approximate surface area is 95.5 Å². The molecule has 8 heteroatoms. The second kappa shape index (κ2) is 5.15. The summed E-state index contributed by atoms with van der Waals surface area (Å²) in [6.45, 7) is 1.30. The summed E-state index contributed by atoms with van der Waals surface area (Å²) in [7, 11) is 1.52. The molecule has 0 aliphatic carbocycles. The van der Waals surface area contributed by atoms with Crippen LogP contribution in [0.25, 0.3) is 0 Å². The van der Waals surface area contributed by atoms with Gasteiger partial charge in [0.25, 0.3) is 0 Å². The molecule has 1 unspecified atom stereocenters. The van der Waals surface area contributed by atoms with Crippen LogP contribution in [0.4, 0.5) is 29.3 Å². The van der Waals surface area contributed by atoms with Gasteiger partial charge in [0.1, 0.15) is 0 Å². The van der Waals surface area contributed by atoms with Crippen molar-refractivity contribution in [2.24, 2.45) is 0 Å². The highest BCUT2D eigenvalue weighted by Gasteiger charge is 2.30. The normalized spacial score (nSPS) is 13.3. The van der Waals surface area contributed by atoms with Crippen molar-refractivity contribution in [3.8, 4) is 0 Å². The van der Waals surface area contributed by atoms with Gasteiger partial charge in [0, 0.05) is 13.1 Å². The molecule has 1 rings (SSSR count). The van der Waals surface area contributed by atoms with Crippen molar-refractivity contribution in [1.29, 1.82) is 0 Å². The van der Waals surface area contributed by atoms with Gasteiger partial charge >= 0.3 is 6.18 Å². The van der Waals surface area contributed by atoms with E-state index in [1.54, 1.807) is 0 Å². The van der Waals surface area contributed by atoms with Gasteiger partial charge in [0.05, 0.1) is 12.6 Å². The summed E-state index contributed by atoms with van der Waals surface area (Å²) in [5.74, 6) is -0.910. The van der Waals surface area contributed by atoms with Gasteiger partial charge in [-0.25, -0.2) is 9.37 Å². The van der Waals surface area contributed by atoms with E-state index in [0.29, 0.717) is 0 Å². The first kappa shape index (κ1) is 13.5. The van der Waals surface area contributed by atoms with Crippen LogP contribution in [0.3, 0.4) is 0 Å². The fourth-order valence-electron chi connectivity index (χ4n) is 1.22. The van der Waals surface area contributed by atoms with Crippen molar-refractivity contribution in [3.63, 3.8) is 0 Å². The van der Waals surface area contributed by atoms with Crippen LogP contribution in [0.5, 0.6) is 0 Å². The van der Waals surface area contributed by atoms with Crippen molar-refractivity contribution in [2.45, 2.75) is 25.6 Å². The summed E-state index contributed by atoms with van der Waals surface area (Å²) < 4.78 is 49.4. The molecule has 1 aromatic rings. The molecule has 0 spiro atoms. The largest absolute Gasteiger partial charge is 0.391 e. The Morgan fingerprint density at radius 2 is 2.06 bits per heavy atom. The number of aromatic nitrogens is 2. The number of rotatable bonds is 4. The Bertz CT molecular complexity index is 380. The van der Waals surface area contributed by atoms with E-state index >= 15 is 0 Å². The molecule has 0 bridgehead atoms. The standard InChI is InChI=1S/C9H12F4N4/c1-5(3-9(11,12)13)16-7-6(10)4-15-8(14-2)17-7/h4-5H,3H2,1-2H3,(H2,14,15,16,17). The summed E-state index contributed by atoms with van der Waals surface area (Å²) in [4.78, 5) is 7.26. The number of nitrogens with zero attached hydrogens (tertiary/aromatic N) is 2. The Balaban J connectivity index is 2.73. The summed E-state index contributed by atoms with van der Waals surface area (Å²) in [5, 5.41) is 4.92. The third-order valence-corrected chi connectivity index (χ3v) is 1.89. The Morgan fingerprint density at radius 1 is 1.41 bits per heavy atom. The van der Waals surface area contributed by atoms with Gasteiger partial charge in [-0.05, 0) is 6.92 Å². The van der Waals surface area contributed by atoms with Crippen LogP contribution in [0, 0.1) is 5.82 Å². The number of anilines is 2. The van der Waals surface area contributed by atoms with Crippen LogP contribution in [0.1, 0.15) is 13.3 Å². The number of hydrogen-bond acceptors (Lipinski definition) is 4. The lowest BCUT2D eigenvalue weighted by Gasteiger charge is -2.16. The van der Waals surface area contributed by atoms with Gasteiger partial charge in [-0.15, -0.1) is 0 Å². The van der Waals surface area contributed by atoms with Crippen LogP contribution in [0.2, 0.25) is 0 Å². The summed E-state index contributed by atoms with van der Waals surface area (Å²) in [6.07, 6.45) is -4.48. The molecular formula is C9H12F4N4. The fourth-order valence-corrected chi connectivity index (χ4v) is 1.22. The maximum atomic E-state index is 13.2. The molecule has 0 amide bonds. The molecule has 2 N–H and O–H groups in total. The second-order valence-electron chi connectivity index (χ2n) is 3.50. The quantitative estimate of drug-likeness (QED) is 0.808. The molecule has 0 radical (unpaired) electrons. The SMILES string of the molecule is CNc1ncc(F)c(NC(C)CC(F)(F)F)n1. The topological polar surface area (TPSA) is 49.8 Å². The lowest BCUT2D eigenvalue weighted by atomic mass is 10.2. The zero-order valence-electron chi connectivity index (χ0n) is 9.27. The minimum atomic E-state index is -4.30. The van der Waals surface area contributed by atoms with Crippen LogP contribution in [-0.4, -0.2) is 29.2 Å². The van der Waals surface area contributed by atoms with Crippen molar-refractivity contribution in [2.75, 3.05) is 17.7 Å². The van der Waals surface area contributed by atoms with Crippen molar-refractivity contribution in [3.05, 3.63) is 12.0 Å². The average molecular weight is 252 g/mol. The van der Waals surface area contributed by atoms with E-state index < -0.39 is 24.5 Å². The van der Waals surface area contributed by atoms with E-state index in [1.807, 2.05) is 0 Å². The maximum Gasteiger partial charge on any atom is 0.391 e. The van der Waals surface area contributed by atoms with Crippen molar-refractivity contribution < 1.29 is 17.6 Å². The second-order valence-corrected chi connectivity index (χ2v) is 3.50. The summed E-state index contributed by atoms with van der Waals surface area (Å²) in [6, 6.07) is -0.968. The van der Waals surface area contributed by atoms with Crippen molar-refractivity contribution >= 4 is 11.8 Å². The molecule has 0 aliphatic heterocycles. The highest BCUT2D eigenvalue weighted by atomic mass is 19.4. The number of halogens is 4. The number of hydrogen-bond donors (Lipinski definition) is 2. The summed E-state index contributed by atoms with van der Waals surface area (Å²) >= 11 is 0. The zero-order valence-corrected chi connectivity index (χ0v) is 9.27. The highest BCUT2D eigenvalue weighted by molar-refractivity contribution is 5.41. The number of nitrogens with one attached hydrogen (secondary N) is 2. The molecule has 1 aromatic heterocycles. The molecule has 0 saturated heterocycles. The minimum absolute atomic E-state index is 0.133. The van der Waals surface area contributed by atoms with Crippen LogP contribution < -0.4 is 10.6 Å². The zero-order chi connectivity index (χ0) is 13.1. The van der Waals surface area contributed by atoms with E-state index in [1.165, 1.54) is 14.0 Å². The Hall–Kier alpha value is -1.60.